The van der Waals surface area contributed by atoms with Crippen LogP contribution in [0.15, 0.2) is 35.8 Å². The summed E-state index contributed by atoms with van der Waals surface area (Å²) in [5.41, 5.74) is 1.41. The number of Topliss-reactive ketones (excluding diaryl/α,β-unsaturated/α-hetero) is 1. The van der Waals surface area contributed by atoms with Gasteiger partial charge in [0.2, 0.25) is 0 Å². The second-order valence-electron chi connectivity index (χ2n) is 8.17. The van der Waals surface area contributed by atoms with Crippen molar-refractivity contribution in [3.8, 4) is 27.7 Å². The molecule has 4 heterocycles. The summed E-state index contributed by atoms with van der Waals surface area (Å²) in [6.07, 6.45) is 0.567. The Morgan fingerprint density at radius 2 is 2.09 bits per heavy atom. The summed E-state index contributed by atoms with van der Waals surface area (Å²) >= 11 is 1.09. The SMILES string of the molecule is COc1ccccc1-c1nc2n(n1)CCC(CC(=O)c1c(-c3nc(C(F)F)cs3)cnn1C)C2. The van der Waals surface area contributed by atoms with Gasteiger partial charge in [-0.15, -0.1) is 11.3 Å². The number of halogens is 2. The van der Waals surface area contributed by atoms with Crippen LogP contribution in [0.1, 0.15) is 41.3 Å². The zero-order valence-corrected chi connectivity index (χ0v) is 19.4. The number of fused-ring (bicyclic) bond motifs is 1. The topological polar surface area (TPSA) is 87.7 Å². The monoisotopic (exact) mass is 484 g/mol. The highest BCUT2D eigenvalue weighted by Gasteiger charge is 2.28. The van der Waals surface area contributed by atoms with Crippen LogP contribution in [0.5, 0.6) is 5.75 Å². The minimum atomic E-state index is -2.65. The van der Waals surface area contributed by atoms with Gasteiger partial charge in [-0.25, -0.2) is 23.4 Å². The first-order chi connectivity index (χ1) is 16.4. The van der Waals surface area contributed by atoms with Crippen LogP contribution in [0.4, 0.5) is 8.78 Å². The molecule has 8 nitrogen and oxygen atoms in total. The Labute approximate surface area is 198 Å². The van der Waals surface area contributed by atoms with Crippen molar-refractivity contribution in [2.75, 3.05) is 7.11 Å². The molecular weight excluding hydrogens is 462 g/mol. The molecule has 0 saturated carbocycles. The van der Waals surface area contributed by atoms with E-state index in [4.69, 9.17) is 9.72 Å². The van der Waals surface area contributed by atoms with Crippen LogP contribution in [0.2, 0.25) is 0 Å². The van der Waals surface area contributed by atoms with Gasteiger partial charge in [0.25, 0.3) is 6.43 Å². The molecule has 0 saturated heterocycles. The van der Waals surface area contributed by atoms with E-state index in [1.54, 1.807) is 14.2 Å². The summed E-state index contributed by atoms with van der Waals surface area (Å²) < 4.78 is 34.8. The third kappa shape index (κ3) is 4.11. The maximum absolute atomic E-state index is 13.3. The molecule has 4 aromatic rings. The molecule has 0 fully saturated rings. The number of thiazole rings is 1. The van der Waals surface area contributed by atoms with Gasteiger partial charge >= 0.3 is 0 Å². The molecule has 1 aliphatic heterocycles. The normalized spacial score (nSPS) is 15.5. The van der Waals surface area contributed by atoms with E-state index >= 15 is 0 Å². The van der Waals surface area contributed by atoms with Gasteiger partial charge < -0.3 is 4.74 Å². The van der Waals surface area contributed by atoms with E-state index in [0.29, 0.717) is 47.2 Å². The second kappa shape index (κ2) is 9.05. The Hall–Kier alpha value is -3.47. The number of carbonyl (C=O) groups excluding carboxylic acids is 1. The summed E-state index contributed by atoms with van der Waals surface area (Å²) in [5, 5.41) is 10.5. The van der Waals surface area contributed by atoms with E-state index in [1.165, 1.54) is 16.3 Å². The van der Waals surface area contributed by atoms with Crippen LogP contribution in [0.3, 0.4) is 0 Å². The standard InChI is InChI=1S/C23H22F2N6O2S/c1-30-20(15(11-26-30)23-27-16(12-34-23)21(24)25)17(32)9-13-7-8-31-19(10-13)28-22(29-31)14-5-3-4-6-18(14)33-2/h3-6,11-13,21H,7-10H2,1-2H3. The lowest BCUT2D eigenvalue weighted by Crippen LogP contribution is -2.23. The van der Waals surface area contributed by atoms with E-state index in [-0.39, 0.29) is 17.4 Å². The number of rotatable bonds is 7. The zero-order chi connectivity index (χ0) is 23.8. The van der Waals surface area contributed by atoms with Crippen molar-refractivity contribution in [1.29, 1.82) is 0 Å². The molecule has 34 heavy (non-hydrogen) atoms. The summed E-state index contributed by atoms with van der Waals surface area (Å²) in [6, 6.07) is 7.60. The number of aryl methyl sites for hydroxylation is 2. The largest absolute Gasteiger partial charge is 0.496 e. The Bertz CT molecular complexity index is 1340. The quantitative estimate of drug-likeness (QED) is 0.357. The van der Waals surface area contributed by atoms with Crippen LogP contribution in [0, 0.1) is 5.92 Å². The van der Waals surface area contributed by atoms with Crippen molar-refractivity contribution in [3.05, 3.63) is 53.1 Å². The minimum absolute atomic E-state index is 0.0883. The molecular formula is C23H22F2N6O2S. The van der Waals surface area contributed by atoms with Crippen molar-refractivity contribution >= 4 is 17.1 Å². The third-order valence-electron chi connectivity index (χ3n) is 5.97. The average Bonchev–Trinajstić information content (AvgIpc) is 3.56. The molecule has 1 aliphatic rings. The summed E-state index contributed by atoms with van der Waals surface area (Å²) in [7, 11) is 3.29. The number of benzene rings is 1. The lowest BCUT2D eigenvalue weighted by molar-refractivity contribution is 0.0944. The number of aromatic nitrogens is 6. The molecule has 3 aromatic heterocycles. The number of nitrogens with zero attached hydrogens (tertiary/aromatic N) is 6. The van der Waals surface area contributed by atoms with E-state index in [1.807, 2.05) is 28.9 Å². The fraction of sp³-hybridized carbons (Fsp3) is 0.348. The van der Waals surface area contributed by atoms with Crippen LogP contribution >= 0.6 is 11.3 Å². The Balaban J connectivity index is 1.34. The van der Waals surface area contributed by atoms with E-state index in [9.17, 15) is 13.6 Å². The molecule has 0 aliphatic carbocycles. The predicted octanol–water partition coefficient (Wildman–Crippen LogP) is 4.58. The Kier molecular flexibility index (Phi) is 5.94. The van der Waals surface area contributed by atoms with Crippen LogP contribution in [-0.2, 0) is 20.0 Å². The summed E-state index contributed by atoms with van der Waals surface area (Å²) in [4.78, 5) is 22.0. The number of methoxy groups -OCH3 is 1. The molecule has 0 bridgehead atoms. The molecule has 5 rings (SSSR count). The van der Waals surface area contributed by atoms with Crippen molar-refractivity contribution in [2.24, 2.45) is 13.0 Å². The summed E-state index contributed by atoms with van der Waals surface area (Å²) in [5.74, 6) is 2.14. The number of para-hydroxylation sites is 1. The van der Waals surface area contributed by atoms with E-state index < -0.39 is 6.43 Å². The average molecular weight is 485 g/mol. The maximum Gasteiger partial charge on any atom is 0.281 e. The first kappa shape index (κ1) is 22.3. The number of carbonyl (C=O) groups is 1. The van der Waals surface area contributed by atoms with Gasteiger partial charge in [-0.05, 0) is 24.5 Å². The Morgan fingerprint density at radius 3 is 2.85 bits per heavy atom. The van der Waals surface area contributed by atoms with Crippen molar-refractivity contribution in [2.45, 2.75) is 32.2 Å². The van der Waals surface area contributed by atoms with Crippen LogP contribution < -0.4 is 4.74 Å². The molecule has 1 unspecified atom stereocenters. The van der Waals surface area contributed by atoms with Gasteiger partial charge in [0.05, 0.1) is 24.4 Å². The van der Waals surface area contributed by atoms with Gasteiger partial charge in [-0.2, -0.15) is 10.2 Å². The molecule has 176 valence electrons. The van der Waals surface area contributed by atoms with Crippen molar-refractivity contribution < 1.29 is 18.3 Å². The first-order valence-electron chi connectivity index (χ1n) is 10.8. The number of hydrogen-bond donors (Lipinski definition) is 0. The van der Waals surface area contributed by atoms with Crippen molar-refractivity contribution in [1.82, 2.24) is 29.5 Å². The van der Waals surface area contributed by atoms with Gasteiger partial charge in [0.1, 0.15) is 28.0 Å². The van der Waals surface area contributed by atoms with Crippen molar-refractivity contribution in [3.63, 3.8) is 0 Å². The fourth-order valence-electron chi connectivity index (χ4n) is 4.28. The molecule has 11 heteroatoms. The van der Waals surface area contributed by atoms with Gasteiger partial charge in [0, 0.05) is 31.8 Å². The molecule has 0 spiro atoms. The molecule has 1 atom stereocenters. The number of alkyl halides is 2. The molecule has 0 N–H and O–H groups in total. The highest BCUT2D eigenvalue weighted by molar-refractivity contribution is 7.13. The van der Waals surface area contributed by atoms with Crippen LogP contribution in [-0.4, -0.2) is 42.4 Å². The predicted molar refractivity (Wildman–Crippen MR) is 122 cm³/mol. The highest BCUT2D eigenvalue weighted by Crippen LogP contribution is 2.33. The molecule has 0 amide bonds. The van der Waals surface area contributed by atoms with Gasteiger partial charge in [-0.1, -0.05) is 12.1 Å². The van der Waals surface area contributed by atoms with E-state index in [0.717, 1.165) is 29.1 Å². The van der Waals surface area contributed by atoms with E-state index in [2.05, 4.69) is 15.2 Å². The zero-order valence-electron chi connectivity index (χ0n) is 18.6. The highest BCUT2D eigenvalue weighted by atomic mass is 32.1. The second-order valence-corrected chi connectivity index (χ2v) is 9.03. The number of ketones is 1. The van der Waals surface area contributed by atoms with Crippen LogP contribution in [0.25, 0.3) is 22.0 Å². The molecule has 0 radical (unpaired) electrons. The first-order valence-corrected chi connectivity index (χ1v) is 11.7. The summed E-state index contributed by atoms with van der Waals surface area (Å²) in [6.45, 7) is 0.665. The third-order valence-corrected chi connectivity index (χ3v) is 6.86. The number of hydrogen-bond acceptors (Lipinski definition) is 7. The fourth-order valence-corrected chi connectivity index (χ4v) is 5.10. The lowest BCUT2D eigenvalue weighted by Gasteiger charge is -2.21. The smallest absolute Gasteiger partial charge is 0.281 e. The minimum Gasteiger partial charge on any atom is -0.496 e. The number of ether oxygens (including phenoxy) is 1. The van der Waals surface area contributed by atoms with Gasteiger partial charge in [-0.3, -0.25) is 9.48 Å². The maximum atomic E-state index is 13.3. The molecule has 1 aromatic carbocycles. The lowest BCUT2D eigenvalue weighted by atomic mass is 9.91. The van der Waals surface area contributed by atoms with Gasteiger partial charge in [0.15, 0.2) is 11.6 Å². The Morgan fingerprint density at radius 1 is 1.26 bits per heavy atom.